The summed E-state index contributed by atoms with van der Waals surface area (Å²) in [6, 6.07) is 8.83. The minimum Gasteiger partial charge on any atom is -0.330 e. The number of hydrogen-bond donors (Lipinski definition) is 1. The van der Waals surface area contributed by atoms with E-state index in [2.05, 4.69) is 50.1 Å². The van der Waals surface area contributed by atoms with Gasteiger partial charge in [-0.1, -0.05) is 44.5 Å². The molecular formula is C15H26N2. The van der Waals surface area contributed by atoms with Crippen molar-refractivity contribution in [3.8, 4) is 0 Å². The second kappa shape index (κ2) is 7.46. The van der Waals surface area contributed by atoms with Crippen LogP contribution in [-0.4, -0.2) is 25.0 Å². The standard InChI is InChI=1S/C15H26N2/c1-4-13(2)11-17(3)12-15-7-5-14(6-8-15)9-10-16/h5-8,13H,4,9-12,16H2,1-3H3. The van der Waals surface area contributed by atoms with E-state index in [4.69, 9.17) is 5.73 Å². The molecule has 0 aliphatic rings. The van der Waals surface area contributed by atoms with Gasteiger partial charge in [0.1, 0.15) is 0 Å². The molecule has 2 heteroatoms. The molecule has 1 rings (SSSR count). The van der Waals surface area contributed by atoms with Crippen LogP contribution in [0.3, 0.4) is 0 Å². The van der Waals surface area contributed by atoms with E-state index in [0.29, 0.717) is 0 Å². The molecule has 0 bridgehead atoms. The fourth-order valence-electron chi connectivity index (χ4n) is 2.02. The van der Waals surface area contributed by atoms with Crippen molar-refractivity contribution in [2.24, 2.45) is 11.7 Å². The van der Waals surface area contributed by atoms with Gasteiger partial charge < -0.3 is 10.6 Å². The van der Waals surface area contributed by atoms with Gasteiger partial charge in [-0.3, -0.25) is 0 Å². The Morgan fingerprint density at radius 1 is 1.18 bits per heavy atom. The van der Waals surface area contributed by atoms with Gasteiger partial charge in [0.25, 0.3) is 0 Å². The summed E-state index contributed by atoms with van der Waals surface area (Å²) < 4.78 is 0. The van der Waals surface area contributed by atoms with E-state index < -0.39 is 0 Å². The zero-order valence-electron chi connectivity index (χ0n) is 11.4. The van der Waals surface area contributed by atoms with Crippen molar-refractivity contribution in [1.82, 2.24) is 4.90 Å². The number of hydrogen-bond acceptors (Lipinski definition) is 2. The maximum atomic E-state index is 5.54. The Hall–Kier alpha value is -0.860. The molecule has 0 heterocycles. The molecule has 17 heavy (non-hydrogen) atoms. The first-order valence-electron chi connectivity index (χ1n) is 6.62. The molecule has 0 amide bonds. The van der Waals surface area contributed by atoms with Crippen molar-refractivity contribution in [3.05, 3.63) is 35.4 Å². The number of rotatable bonds is 7. The predicted octanol–water partition coefficient (Wildman–Crippen LogP) is 2.67. The lowest BCUT2D eigenvalue weighted by molar-refractivity contribution is 0.275. The number of nitrogens with zero attached hydrogens (tertiary/aromatic N) is 1. The van der Waals surface area contributed by atoms with Crippen molar-refractivity contribution in [2.75, 3.05) is 20.1 Å². The minimum absolute atomic E-state index is 0.729. The van der Waals surface area contributed by atoms with E-state index >= 15 is 0 Å². The largest absolute Gasteiger partial charge is 0.330 e. The summed E-state index contributed by atoms with van der Waals surface area (Å²) in [4.78, 5) is 2.39. The summed E-state index contributed by atoms with van der Waals surface area (Å²) in [5.74, 6) is 0.775. The Morgan fingerprint density at radius 2 is 1.76 bits per heavy atom. The van der Waals surface area contributed by atoms with Crippen LogP contribution < -0.4 is 5.73 Å². The molecule has 2 N–H and O–H groups in total. The first-order valence-corrected chi connectivity index (χ1v) is 6.62. The van der Waals surface area contributed by atoms with Crippen molar-refractivity contribution >= 4 is 0 Å². The molecule has 0 aliphatic heterocycles. The molecule has 0 aromatic heterocycles. The molecule has 0 saturated carbocycles. The molecule has 1 unspecified atom stereocenters. The van der Waals surface area contributed by atoms with E-state index in [9.17, 15) is 0 Å². The van der Waals surface area contributed by atoms with Gasteiger partial charge in [0, 0.05) is 13.1 Å². The van der Waals surface area contributed by atoms with E-state index in [1.165, 1.54) is 24.1 Å². The van der Waals surface area contributed by atoms with Crippen LogP contribution in [0.5, 0.6) is 0 Å². The topological polar surface area (TPSA) is 29.3 Å². The van der Waals surface area contributed by atoms with Gasteiger partial charge in [0.15, 0.2) is 0 Å². The highest BCUT2D eigenvalue weighted by Gasteiger charge is 2.05. The smallest absolute Gasteiger partial charge is 0.0230 e. The summed E-state index contributed by atoms with van der Waals surface area (Å²) in [5.41, 5.74) is 8.26. The first kappa shape index (κ1) is 14.2. The Morgan fingerprint density at radius 3 is 2.29 bits per heavy atom. The van der Waals surface area contributed by atoms with Crippen LogP contribution in [0, 0.1) is 5.92 Å². The fraction of sp³-hybridized carbons (Fsp3) is 0.600. The molecular weight excluding hydrogens is 208 g/mol. The third kappa shape index (κ3) is 5.33. The molecule has 0 spiro atoms. The summed E-state index contributed by atoms with van der Waals surface area (Å²) in [6.07, 6.45) is 2.22. The SMILES string of the molecule is CCC(C)CN(C)Cc1ccc(CCN)cc1. The monoisotopic (exact) mass is 234 g/mol. The van der Waals surface area contributed by atoms with Crippen LogP contribution in [0.25, 0.3) is 0 Å². The van der Waals surface area contributed by atoms with E-state index in [1.807, 2.05) is 0 Å². The van der Waals surface area contributed by atoms with Gasteiger partial charge >= 0.3 is 0 Å². The Bertz CT molecular complexity index is 305. The van der Waals surface area contributed by atoms with Crippen LogP contribution in [0.4, 0.5) is 0 Å². The van der Waals surface area contributed by atoms with E-state index in [0.717, 1.165) is 25.4 Å². The molecule has 2 nitrogen and oxygen atoms in total. The Labute approximate surface area is 106 Å². The molecule has 1 atom stereocenters. The van der Waals surface area contributed by atoms with E-state index in [-0.39, 0.29) is 0 Å². The average molecular weight is 234 g/mol. The van der Waals surface area contributed by atoms with E-state index in [1.54, 1.807) is 0 Å². The Kier molecular flexibility index (Phi) is 6.23. The van der Waals surface area contributed by atoms with Crippen molar-refractivity contribution in [1.29, 1.82) is 0 Å². The molecule has 96 valence electrons. The second-order valence-corrected chi connectivity index (χ2v) is 5.07. The van der Waals surface area contributed by atoms with Crippen molar-refractivity contribution in [3.63, 3.8) is 0 Å². The van der Waals surface area contributed by atoms with Crippen LogP contribution >= 0.6 is 0 Å². The fourth-order valence-corrected chi connectivity index (χ4v) is 2.02. The number of benzene rings is 1. The lowest BCUT2D eigenvalue weighted by Gasteiger charge is -2.20. The minimum atomic E-state index is 0.729. The maximum Gasteiger partial charge on any atom is 0.0230 e. The highest BCUT2D eigenvalue weighted by molar-refractivity contribution is 5.22. The normalized spacial score (nSPS) is 13.0. The zero-order valence-corrected chi connectivity index (χ0v) is 11.4. The van der Waals surface area contributed by atoms with Crippen LogP contribution in [-0.2, 0) is 13.0 Å². The lowest BCUT2D eigenvalue weighted by atomic mass is 10.1. The highest BCUT2D eigenvalue weighted by atomic mass is 15.1. The third-order valence-electron chi connectivity index (χ3n) is 3.23. The zero-order chi connectivity index (χ0) is 12.7. The van der Waals surface area contributed by atoms with Crippen molar-refractivity contribution < 1.29 is 0 Å². The summed E-state index contributed by atoms with van der Waals surface area (Å²) in [7, 11) is 2.19. The Balaban J connectivity index is 2.45. The summed E-state index contributed by atoms with van der Waals surface area (Å²) in [6.45, 7) is 7.49. The van der Waals surface area contributed by atoms with Crippen molar-refractivity contribution in [2.45, 2.75) is 33.2 Å². The van der Waals surface area contributed by atoms with Gasteiger partial charge in [0.05, 0.1) is 0 Å². The molecule has 0 aliphatic carbocycles. The van der Waals surface area contributed by atoms with Gasteiger partial charge in [-0.2, -0.15) is 0 Å². The van der Waals surface area contributed by atoms with Gasteiger partial charge in [0.2, 0.25) is 0 Å². The van der Waals surface area contributed by atoms with Crippen LogP contribution in [0.1, 0.15) is 31.4 Å². The quantitative estimate of drug-likeness (QED) is 0.786. The second-order valence-electron chi connectivity index (χ2n) is 5.07. The van der Waals surface area contributed by atoms with Crippen LogP contribution in [0.2, 0.25) is 0 Å². The third-order valence-corrected chi connectivity index (χ3v) is 3.23. The van der Waals surface area contributed by atoms with Crippen LogP contribution in [0.15, 0.2) is 24.3 Å². The highest BCUT2D eigenvalue weighted by Crippen LogP contribution is 2.09. The van der Waals surface area contributed by atoms with Gasteiger partial charge in [-0.15, -0.1) is 0 Å². The molecule has 0 radical (unpaired) electrons. The molecule has 1 aromatic rings. The average Bonchev–Trinajstić information content (AvgIpc) is 2.31. The summed E-state index contributed by atoms with van der Waals surface area (Å²) >= 11 is 0. The first-order chi connectivity index (χ1) is 8.15. The van der Waals surface area contributed by atoms with Gasteiger partial charge in [-0.25, -0.2) is 0 Å². The molecule has 1 aromatic carbocycles. The maximum absolute atomic E-state index is 5.54. The lowest BCUT2D eigenvalue weighted by Crippen LogP contribution is -2.23. The van der Waals surface area contributed by atoms with Gasteiger partial charge in [-0.05, 0) is 37.1 Å². The molecule has 0 saturated heterocycles. The number of nitrogens with two attached hydrogens (primary N) is 1. The summed E-state index contributed by atoms with van der Waals surface area (Å²) in [5, 5.41) is 0. The molecule has 0 fully saturated rings. The predicted molar refractivity (Wildman–Crippen MR) is 75.0 cm³/mol.